The minimum absolute atomic E-state index is 0.0343. The summed E-state index contributed by atoms with van der Waals surface area (Å²) in [6.45, 7) is -0.0343. The quantitative estimate of drug-likeness (QED) is 0.435. The van der Waals surface area contributed by atoms with Crippen LogP contribution >= 0.6 is 22.6 Å². The van der Waals surface area contributed by atoms with Crippen molar-refractivity contribution in [3.8, 4) is 0 Å². The first-order valence-corrected chi connectivity index (χ1v) is 7.29. The lowest BCUT2D eigenvalue weighted by atomic mass is 10.0. The number of halogens is 3. The molecule has 1 atom stereocenters. The molecule has 0 saturated carbocycles. The normalized spacial score (nSPS) is 21.6. The van der Waals surface area contributed by atoms with Gasteiger partial charge in [0.2, 0.25) is 11.8 Å². The largest absolute Gasteiger partial charge is 0.322 e. The standard InChI is InChI=1S/C13H9F2IN2O3/c14-6-3-7(15)11(16)5-4-18(13(21)10(5)6)8-1-2-9(19)17-12(8)20/h3,8H,1-2,4H2,(H,17,19,20)/t8-/m0/s1. The van der Waals surface area contributed by atoms with Gasteiger partial charge in [-0.1, -0.05) is 0 Å². The van der Waals surface area contributed by atoms with Crippen LogP contribution in [0.5, 0.6) is 0 Å². The molecule has 0 aromatic heterocycles. The minimum Gasteiger partial charge on any atom is -0.322 e. The summed E-state index contributed by atoms with van der Waals surface area (Å²) in [6, 6.07) is -0.159. The Morgan fingerprint density at radius 1 is 1.24 bits per heavy atom. The van der Waals surface area contributed by atoms with Crippen LogP contribution in [-0.4, -0.2) is 28.7 Å². The molecule has 8 heteroatoms. The summed E-state index contributed by atoms with van der Waals surface area (Å²) in [5, 5.41) is 2.15. The third-order valence-electron chi connectivity index (χ3n) is 3.66. The minimum atomic E-state index is -0.928. The Hall–Kier alpha value is -1.58. The highest BCUT2D eigenvalue weighted by Crippen LogP contribution is 2.33. The van der Waals surface area contributed by atoms with Gasteiger partial charge >= 0.3 is 0 Å². The predicted octanol–water partition coefficient (Wildman–Crippen LogP) is 1.33. The van der Waals surface area contributed by atoms with Gasteiger partial charge in [-0.25, -0.2) is 8.78 Å². The molecule has 3 amide bonds. The van der Waals surface area contributed by atoms with E-state index in [1.165, 1.54) is 4.90 Å². The molecule has 0 aliphatic carbocycles. The van der Waals surface area contributed by atoms with Crippen molar-refractivity contribution in [2.24, 2.45) is 0 Å². The summed E-state index contributed by atoms with van der Waals surface area (Å²) in [6.07, 6.45) is 0.301. The van der Waals surface area contributed by atoms with Gasteiger partial charge in [0, 0.05) is 24.6 Å². The maximum Gasteiger partial charge on any atom is 0.258 e. The highest BCUT2D eigenvalue weighted by atomic mass is 127. The van der Waals surface area contributed by atoms with Crippen LogP contribution in [0.3, 0.4) is 0 Å². The molecule has 0 bridgehead atoms. The molecule has 21 heavy (non-hydrogen) atoms. The topological polar surface area (TPSA) is 66.5 Å². The van der Waals surface area contributed by atoms with Gasteiger partial charge < -0.3 is 4.90 Å². The molecule has 2 heterocycles. The second-order valence-electron chi connectivity index (χ2n) is 4.91. The number of hydrogen-bond acceptors (Lipinski definition) is 3. The van der Waals surface area contributed by atoms with E-state index in [1.807, 2.05) is 0 Å². The van der Waals surface area contributed by atoms with Crippen molar-refractivity contribution in [1.82, 2.24) is 10.2 Å². The monoisotopic (exact) mass is 406 g/mol. The molecule has 5 nitrogen and oxygen atoms in total. The second-order valence-corrected chi connectivity index (χ2v) is 5.99. The number of benzene rings is 1. The zero-order valence-electron chi connectivity index (χ0n) is 10.6. The fourth-order valence-electron chi connectivity index (χ4n) is 2.64. The Bertz CT molecular complexity index is 692. The molecule has 2 aliphatic heterocycles. The lowest BCUT2D eigenvalue weighted by Crippen LogP contribution is -2.52. The molecule has 1 aromatic carbocycles. The Balaban J connectivity index is 1.97. The number of imide groups is 1. The Kier molecular flexibility index (Phi) is 3.42. The number of hydrogen-bond donors (Lipinski definition) is 1. The highest BCUT2D eigenvalue weighted by molar-refractivity contribution is 14.1. The molecular formula is C13H9F2IN2O3. The first-order chi connectivity index (χ1) is 9.90. The third kappa shape index (κ3) is 2.21. The molecular weight excluding hydrogens is 397 g/mol. The Labute approximate surface area is 131 Å². The van der Waals surface area contributed by atoms with E-state index in [4.69, 9.17) is 0 Å². The maximum absolute atomic E-state index is 13.8. The SMILES string of the molecule is O=C1CC[C@H](N2Cc3c(I)c(F)cc(F)c3C2=O)C(=O)N1. The van der Waals surface area contributed by atoms with Crippen LogP contribution < -0.4 is 5.32 Å². The summed E-state index contributed by atoms with van der Waals surface area (Å²) in [5.41, 5.74) is 0.0632. The van der Waals surface area contributed by atoms with Crippen molar-refractivity contribution in [2.45, 2.75) is 25.4 Å². The van der Waals surface area contributed by atoms with Gasteiger partial charge in [0.25, 0.3) is 5.91 Å². The number of carbonyl (C=O) groups excluding carboxylic acids is 3. The van der Waals surface area contributed by atoms with E-state index in [2.05, 4.69) is 5.32 Å². The van der Waals surface area contributed by atoms with E-state index in [-0.39, 0.29) is 34.1 Å². The zero-order chi connectivity index (χ0) is 15.3. The van der Waals surface area contributed by atoms with E-state index >= 15 is 0 Å². The van der Waals surface area contributed by atoms with Gasteiger partial charge in [-0.05, 0) is 29.0 Å². The summed E-state index contributed by atoms with van der Waals surface area (Å²) in [4.78, 5) is 36.5. The number of nitrogens with one attached hydrogen (secondary N) is 1. The lowest BCUT2D eigenvalue weighted by Gasteiger charge is -2.29. The number of fused-ring (bicyclic) bond motifs is 1. The summed E-state index contributed by atoms with van der Waals surface area (Å²) in [7, 11) is 0. The Morgan fingerprint density at radius 2 is 1.95 bits per heavy atom. The molecule has 2 aliphatic rings. The van der Waals surface area contributed by atoms with Gasteiger partial charge in [-0.15, -0.1) is 0 Å². The predicted molar refractivity (Wildman–Crippen MR) is 75.1 cm³/mol. The first kappa shape index (κ1) is 14.4. The zero-order valence-corrected chi connectivity index (χ0v) is 12.7. The van der Waals surface area contributed by atoms with E-state index in [0.29, 0.717) is 6.07 Å². The van der Waals surface area contributed by atoms with E-state index in [9.17, 15) is 23.2 Å². The van der Waals surface area contributed by atoms with Crippen molar-refractivity contribution in [1.29, 1.82) is 0 Å². The summed E-state index contributed by atoms with van der Waals surface area (Å²) >= 11 is 1.71. The van der Waals surface area contributed by atoms with Crippen molar-refractivity contribution in [2.75, 3.05) is 0 Å². The van der Waals surface area contributed by atoms with Gasteiger partial charge in [0.15, 0.2) is 0 Å². The van der Waals surface area contributed by atoms with Crippen molar-refractivity contribution in [3.63, 3.8) is 0 Å². The van der Waals surface area contributed by atoms with Gasteiger partial charge in [0.05, 0.1) is 9.13 Å². The van der Waals surface area contributed by atoms with Crippen LogP contribution in [0.2, 0.25) is 0 Å². The smallest absolute Gasteiger partial charge is 0.258 e. The molecule has 0 unspecified atom stereocenters. The maximum atomic E-state index is 13.8. The van der Waals surface area contributed by atoms with Crippen LogP contribution in [0.25, 0.3) is 0 Å². The molecule has 3 rings (SSSR count). The molecule has 1 aromatic rings. The fourth-order valence-corrected chi connectivity index (χ4v) is 3.24. The number of amides is 3. The van der Waals surface area contributed by atoms with Crippen LogP contribution in [0.1, 0.15) is 28.8 Å². The van der Waals surface area contributed by atoms with Crippen molar-refractivity contribution < 1.29 is 23.2 Å². The molecule has 1 saturated heterocycles. The average Bonchev–Trinajstić information content (AvgIpc) is 2.75. The lowest BCUT2D eigenvalue weighted by molar-refractivity contribution is -0.136. The van der Waals surface area contributed by atoms with E-state index in [1.54, 1.807) is 22.6 Å². The molecule has 110 valence electrons. The van der Waals surface area contributed by atoms with Crippen molar-refractivity contribution in [3.05, 3.63) is 32.4 Å². The molecule has 0 radical (unpaired) electrons. The molecule has 1 N–H and O–H groups in total. The summed E-state index contributed by atoms with van der Waals surface area (Å²) < 4.78 is 27.6. The Morgan fingerprint density at radius 3 is 2.62 bits per heavy atom. The van der Waals surface area contributed by atoms with Crippen LogP contribution in [0.15, 0.2) is 6.07 Å². The van der Waals surface area contributed by atoms with Gasteiger partial charge in [0.1, 0.15) is 17.7 Å². The van der Waals surface area contributed by atoms with Crippen LogP contribution in [0.4, 0.5) is 8.78 Å². The highest BCUT2D eigenvalue weighted by Gasteiger charge is 2.41. The first-order valence-electron chi connectivity index (χ1n) is 6.21. The van der Waals surface area contributed by atoms with Crippen LogP contribution in [0, 0.1) is 15.2 Å². The average molecular weight is 406 g/mol. The summed E-state index contributed by atoms with van der Waals surface area (Å²) in [5.74, 6) is -3.28. The van der Waals surface area contributed by atoms with E-state index < -0.39 is 35.4 Å². The number of nitrogens with zero attached hydrogens (tertiary/aromatic N) is 1. The second kappa shape index (κ2) is 5.00. The molecule has 0 spiro atoms. The number of rotatable bonds is 1. The van der Waals surface area contributed by atoms with Gasteiger partial charge in [-0.3, -0.25) is 19.7 Å². The molecule has 1 fully saturated rings. The van der Waals surface area contributed by atoms with Gasteiger partial charge in [-0.2, -0.15) is 0 Å². The number of carbonyl (C=O) groups is 3. The van der Waals surface area contributed by atoms with E-state index in [0.717, 1.165) is 0 Å². The third-order valence-corrected chi connectivity index (χ3v) is 4.82. The number of piperidine rings is 1. The van der Waals surface area contributed by atoms with Crippen LogP contribution in [-0.2, 0) is 16.1 Å². The van der Waals surface area contributed by atoms with Crippen molar-refractivity contribution >= 4 is 40.3 Å². The fraction of sp³-hybridized carbons (Fsp3) is 0.308.